The van der Waals surface area contributed by atoms with E-state index in [9.17, 15) is 22.8 Å². The first-order valence-corrected chi connectivity index (χ1v) is 13.7. The largest absolute Gasteiger partial charge is 0.494 e. The van der Waals surface area contributed by atoms with Gasteiger partial charge >= 0.3 is 6.18 Å². The lowest BCUT2D eigenvalue weighted by Crippen LogP contribution is -2.44. The number of carbonyl (C=O) groups is 2. The molecule has 0 aliphatic heterocycles. The van der Waals surface area contributed by atoms with Crippen molar-refractivity contribution in [2.24, 2.45) is 0 Å². The summed E-state index contributed by atoms with van der Waals surface area (Å²) in [4.78, 5) is 33.3. The molecule has 0 fully saturated rings. The molecule has 2 amide bonds. The van der Waals surface area contributed by atoms with Gasteiger partial charge in [0.15, 0.2) is 0 Å². The number of alkyl halides is 3. The number of para-hydroxylation sites is 1. The van der Waals surface area contributed by atoms with E-state index in [1.807, 2.05) is 61.7 Å². The maximum atomic E-state index is 13.8. The van der Waals surface area contributed by atoms with Crippen molar-refractivity contribution in [3.05, 3.63) is 101 Å². The Balaban J connectivity index is 1.56. The van der Waals surface area contributed by atoms with E-state index in [1.54, 1.807) is 4.90 Å². The second-order valence-corrected chi connectivity index (χ2v) is 9.80. The second kappa shape index (κ2) is 14.0. The molecule has 0 unspecified atom stereocenters. The van der Waals surface area contributed by atoms with Gasteiger partial charge in [-0.05, 0) is 60.9 Å². The molecule has 0 spiro atoms. The van der Waals surface area contributed by atoms with Gasteiger partial charge in [-0.25, -0.2) is 0 Å². The molecule has 3 aromatic carbocycles. The Kier molecular flexibility index (Phi) is 10.2. The van der Waals surface area contributed by atoms with Crippen LogP contribution in [-0.2, 0) is 28.7 Å². The first kappa shape index (κ1) is 30.6. The molecule has 1 heterocycles. The van der Waals surface area contributed by atoms with Crippen LogP contribution in [0.5, 0.6) is 5.75 Å². The second-order valence-electron chi connectivity index (χ2n) is 9.80. The monoisotopic (exact) mass is 581 g/mol. The number of rotatable bonds is 13. The minimum absolute atomic E-state index is 0.0384. The Morgan fingerprint density at radius 2 is 1.69 bits per heavy atom. The van der Waals surface area contributed by atoms with E-state index < -0.39 is 17.6 Å². The smallest absolute Gasteiger partial charge is 0.416 e. The van der Waals surface area contributed by atoms with Gasteiger partial charge in [0.1, 0.15) is 12.3 Å². The molecule has 0 saturated carbocycles. The fourth-order valence-corrected chi connectivity index (χ4v) is 4.69. The van der Waals surface area contributed by atoms with Gasteiger partial charge in [0.2, 0.25) is 5.91 Å². The summed E-state index contributed by atoms with van der Waals surface area (Å²) in [5.74, 6) is -0.292. The number of aromatic nitrogens is 1. The van der Waals surface area contributed by atoms with Gasteiger partial charge in [-0.3, -0.25) is 9.59 Å². The summed E-state index contributed by atoms with van der Waals surface area (Å²) in [6.45, 7) is 2.92. The standard InChI is InChI=1S/C32H34F3N3O4/c1-3-42-27-13-11-23(12-14-27)21-37(16-15-25-20-36-29-10-5-4-9-28(25)29)30(39)22-38(17-18-41-2)31(40)24-7-6-8-26(19-24)32(33,34)35/h4-14,19-20,36H,3,15-18,21-22H2,1-2H3. The quantitative estimate of drug-likeness (QED) is 0.212. The SMILES string of the molecule is CCOc1ccc(CN(CCc2c[nH]c3ccccc23)C(=O)CN(CCOC)C(=O)c2cccc(C(F)(F)F)c2)cc1. The molecular formula is C32H34F3N3O4. The van der Waals surface area contributed by atoms with Crippen LogP contribution in [-0.4, -0.2) is 66.6 Å². The molecule has 222 valence electrons. The lowest BCUT2D eigenvalue weighted by Gasteiger charge is -2.28. The van der Waals surface area contributed by atoms with Crippen molar-refractivity contribution in [1.82, 2.24) is 14.8 Å². The third kappa shape index (κ3) is 7.91. The van der Waals surface area contributed by atoms with Crippen LogP contribution in [0.2, 0.25) is 0 Å². The molecule has 0 radical (unpaired) electrons. The number of nitrogens with one attached hydrogen (secondary N) is 1. The van der Waals surface area contributed by atoms with Crippen molar-refractivity contribution in [1.29, 1.82) is 0 Å². The maximum absolute atomic E-state index is 13.8. The molecule has 7 nitrogen and oxygen atoms in total. The zero-order valence-electron chi connectivity index (χ0n) is 23.6. The molecule has 0 atom stereocenters. The number of nitrogens with zero attached hydrogens (tertiary/aromatic N) is 2. The van der Waals surface area contributed by atoms with Gasteiger partial charge in [-0.2, -0.15) is 13.2 Å². The summed E-state index contributed by atoms with van der Waals surface area (Å²) < 4.78 is 50.6. The maximum Gasteiger partial charge on any atom is 0.416 e. The number of fused-ring (bicyclic) bond motifs is 1. The molecule has 0 aliphatic carbocycles. The summed E-state index contributed by atoms with van der Waals surface area (Å²) in [7, 11) is 1.45. The summed E-state index contributed by atoms with van der Waals surface area (Å²) >= 11 is 0. The third-order valence-electron chi connectivity index (χ3n) is 6.90. The molecule has 0 saturated heterocycles. The Hall–Kier alpha value is -4.31. The van der Waals surface area contributed by atoms with E-state index >= 15 is 0 Å². The Bertz CT molecular complexity index is 1480. The highest BCUT2D eigenvalue weighted by Crippen LogP contribution is 2.30. The van der Waals surface area contributed by atoms with E-state index in [1.165, 1.54) is 24.1 Å². The van der Waals surface area contributed by atoms with E-state index in [4.69, 9.17) is 9.47 Å². The van der Waals surface area contributed by atoms with Crippen LogP contribution in [0.15, 0.2) is 79.0 Å². The normalized spacial score (nSPS) is 11.5. The zero-order chi connectivity index (χ0) is 30.1. The van der Waals surface area contributed by atoms with Crippen LogP contribution in [0.3, 0.4) is 0 Å². The minimum atomic E-state index is -4.60. The number of hydrogen-bond donors (Lipinski definition) is 1. The van der Waals surface area contributed by atoms with Crippen molar-refractivity contribution in [2.45, 2.75) is 26.1 Å². The Labute approximate surface area is 242 Å². The fourth-order valence-electron chi connectivity index (χ4n) is 4.69. The van der Waals surface area contributed by atoms with Gasteiger partial charge in [0, 0.05) is 49.4 Å². The molecule has 4 rings (SSSR count). The highest BCUT2D eigenvalue weighted by molar-refractivity contribution is 5.96. The van der Waals surface area contributed by atoms with Crippen LogP contribution in [0, 0.1) is 0 Å². The minimum Gasteiger partial charge on any atom is -0.494 e. The highest BCUT2D eigenvalue weighted by atomic mass is 19.4. The van der Waals surface area contributed by atoms with Gasteiger partial charge in [-0.15, -0.1) is 0 Å². The third-order valence-corrected chi connectivity index (χ3v) is 6.90. The molecule has 4 aromatic rings. The van der Waals surface area contributed by atoms with Gasteiger partial charge in [-0.1, -0.05) is 36.4 Å². The Morgan fingerprint density at radius 1 is 0.929 bits per heavy atom. The number of H-pyrrole nitrogens is 1. The average molecular weight is 582 g/mol. The van der Waals surface area contributed by atoms with E-state index in [-0.39, 0.29) is 37.7 Å². The number of ether oxygens (including phenoxy) is 2. The fraction of sp³-hybridized carbons (Fsp3) is 0.312. The van der Waals surface area contributed by atoms with Crippen LogP contribution in [0.1, 0.15) is 34.0 Å². The zero-order valence-corrected chi connectivity index (χ0v) is 23.6. The van der Waals surface area contributed by atoms with Gasteiger partial charge in [0.25, 0.3) is 5.91 Å². The van der Waals surface area contributed by atoms with E-state index in [2.05, 4.69) is 4.98 Å². The van der Waals surface area contributed by atoms with Crippen molar-refractivity contribution in [3.63, 3.8) is 0 Å². The molecule has 1 N–H and O–H groups in total. The molecule has 1 aromatic heterocycles. The average Bonchev–Trinajstić information content (AvgIpc) is 3.40. The van der Waals surface area contributed by atoms with Crippen LogP contribution < -0.4 is 4.74 Å². The van der Waals surface area contributed by atoms with Crippen LogP contribution in [0.4, 0.5) is 13.2 Å². The summed E-state index contributed by atoms with van der Waals surface area (Å²) in [5, 5.41) is 1.06. The molecule has 10 heteroatoms. The summed E-state index contributed by atoms with van der Waals surface area (Å²) in [6, 6.07) is 19.5. The Morgan fingerprint density at radius 3 is 2.40 bits per heavy atom. The molecule has 0 bridgehead atoms. The van der Waals surface area contributed by atoms with Crippen molar-refractivity contribution < 1.29 is 32.2 Å². The first-order chi connectivity index (χ1) is 20.2. The predicted molar refractivity (Wildman–Crippen MR) is 154 cm³/mol. The molecule has 42 heavy (non-hydrogen) atoms. The van der Waals surface area contributed by atoms with E-state index in [0.29, 0.717) is 19.6 Å². The lowest BCUT2D eigenvalue weighted by molar-refractivity contribution is -0.137. The predicted octanol–water partition coefficient (Wildman–Crippen LogP) is 5.95. The van der Waals surface area contributed by atoms with Crippen LogP contribution >= 0.6 is 0 Å². The summed E-state index contributed by atoms with van der Waals surface area (Å²) in [6.07, 6.45) is -2.11. The number of methoxy groups -OCH3 is 1. The molecular weight excluding hydrogens is 547 g/mol. The number of aromatic amines is 1. The number of halogens is 3. The molecule has 0 aliphatic rings. The summed E-state index contributed by atoms with van der Waals surface area (Å²) in [5.41, 5.74) is 1.84. The van der Waals surface area contributed by atoms with E-state index in [0.717, 1.165) is 39.9 Å². The topological polar surface area (TPSA) is 74.9 Å². The number of benzene rings is 3. The van der Waals surface area contributed by atoms with Crippen molar-refractivity contribution in [3.8, 4) is 5.75 Å². The number of hydrogen-bond acceptors (Lipinski definition) is 4. The van der Waals surface area contributed by atoms with Crippen molar-refractivity contribution in [2.75, 3.05) is 40.0 Å². The van der Waals surface area contributed by atoms with Gasteiger partial charge < -0.3 is 24.3 Å². The number of amides is 2. The van der Waals surface area contributed by atoms with Crippen LogP contribution in [0.25, 0.3) is 10.9 Å². The van der Waals surface area contributed by atoms with Gasteiger partial charge in [0.05, 0.1) is 18.8 Å². The highest BCUT2D eigenvalue weighted by Gasteiger charge is 2.32. The lowest BCUT2D eigenvalue weighted by atomic mass is 10.1. The van der Waals surface area contributed by atoms with Crippen molar-refractivity contribution >= 4 is 22.7 Å². The number of carbonyl (C=O) groups excluding carboxylic acids is 2. The first-order valence-electron chi connectivity index (χ1n) is 13.7.